The van der Waals surface area contributed by atoms with Crippen molar-refractivity contribution in [2.75, 3.05) is 31.7 Å². The lowest BCUT2D eigenvalue weighted by atomic mass is 10.2. The molecule has 1 aliphatic heterocycles. The molecule has 0 unspecified atom stereocenters. The number of hydrogen-bond acceptors (Lipinski definition) is 7. The van der Waals surface area contributed by atoms with Gasteiger partial charge in [-0.15, -0.1) is 0 Å². The second-order valence-corrected chi connectivity index (χ2v) is 7.84. The fourth-order valence-corrected chi connectivity index (χ4v) is 3.44. The Morgan fingerprint density at radius 3 is 2.73 bits per heavy atom. The Bertz CT molecular complexity index is 954. The molecule has 1 saturated heterocycles. The number of nitrogens with one attached hydrogen (secondary N) is 2. The van der Waals surface area contributed by atoms with E-state index < -0.39 is 5.91 Å². The second-order valence-electron chi connectivity index (χ2n) is 7.84. The molecule has 2 heterocycles. The van der Waals surface area contributed by atoms with Crippen LogP contribution in [0.1, 0.15) is 37.0 Å². The molecule has 0 spiro atoms. The molecule has 0 aliphatic carbocycles. The van der Waals surface area contributed by atoms with Crippen molar-refractivity contribution in [2.24, 2.45) is 0 Å². The Morgan fingerprint density at radius 2 is 2.03 bits per heavy atom. The van der Waals surface area contributed by atoms with Gasteiger partial charge in [0.1, 0.15) is 18.1 Å². The lowest BCUT2D eigenvalue weighted by molar-refractivity contribution is -0.126. The second kappa shape index (κ2) is 12.0. The molecule has 3 rings (SSSR count). The molecule has 1 atom stereocenters. The highest BCUT2D eigenvalue weighted by Gasteiger charge is 2.24. The largest absolute Gasteiger partial charge is 0.497 e. The first kappa shape index (κ1) is 24.2. The van der Waals surface area contributed by atoms with Gasteiger partial charge in [0.25, 0.3) is 0 Å². The summed E-state index contributed by atoms with van der Waals surface area (Å²) in [5.41, 5.74) is 0.886. The third-order valence-electron chi connectivity index (χ3n) is 5.24. The minimum Gasteiger partial charge on any atom is -0.497 e. The SMILES string of the molecule is COc1cccc(CNC(=O)CCC(=O)N(CC(=O)NC[C@@H]2CCCO2)c2cc(C)on2)c1. The van der Waals surface area contributed by atoms with Gasteiger partial charge >= 0.3 is 0 Å². The Morgan fingerprint density at radius 1 is 1.18 bits per heavy atom. The fraction of sp³-hybridized carbons (Fsp3) is 0.478. The van der Waals surface area contributed by atoms with Crippen LogP contribution in [0.3, 0.4) is 0 Å². The molecule has 0 bridgehead atoms. The molecule has 3 amide bonds. The Hall–Kier alpha value is -3.40. The maximum absolute atomic E-state index is 12.9. The molecular formula is C23H30N4O6. The maximum atomic E-state index is 12.9. The monoisotopic (exact) mass is 458 g/mol. The number of rotatable bonds is 11. The van der Waals surface area contributed by atoms with Gasteiger partial charge in [-0.25, -0.2) is 0 Å². The number of amides is 3. The van der Waals surface area contributed by atoms with Crippen molar-refractivity contribution in [3.05, 3.63) is 41.7 Å². The van der Waals surface area contributed by atoms with Crippen LogP contribution >= 0.6 is 0 Å². The first-order chi connectivity index (χ1) is 15.9. The molecule has 2 aromatic rings. The van der Waals surface area contributed by atoms with Crippen molar-refractivity contribution >= 4 is 23.5 Å². The third kappa shape index (κ3) is 7.60. The van der Waals surface area contributed by atoms with E-state index in [4.69, 9.17) is 14.0 Å². The van der Waals surface area contributed by atoms with Gasteiger partial charge in [0, 0.05) is 38.6 Å². The number of nitrogens with zero attached hydrogens (tertiary/aromatic N) is 2. The normalized spacial score (nSPS) is 15.2. The number of carbonyl (C=O) groups is 3. The lowest BCUT2D eigenvalue weighted by Crippen LogP contribution is -2.43. The van der Waals surface area contributed by atoms with Crippen LogP contribution in [0.5, 0.6) is 5.75 Å². The topological polar surface area (TPSA) is 123 Å². The molecule has 1 aromatic carbocycles. The van der Waals surface area contributed by atoms with Crippen LogP contribution in [0.25, 0.3) is 0 Å². The van der Waals surface area contributed by atoms with E-state index in [0.717, 1.165) is 18.4 Å². The molecule has 178 valence electrons. The summed E-state index contributed by atoms with van der Waals surface area (Å²) < 4.78 is 15.7. The highest BCUT2D eigenvalue weighted by atomic mass is 16.5. The smallest absolute Gasteiger partial charge is 0.240 e. The molecule has 33 heavy (non-hydrogen) atoms. The average Bonchev–Trinajstić information content (AvgIpc) is 3.50. The standard InChI is InChI=1S/C23H30N4O6/c1-16-11-20(26-33-16)27(15-22(29)25-14-19-7-4-10-32-19)23(30)9-8-21(28)24-13-17-5-3-6-18(12-17)31-2/h3,5-6,11-12,19H,4,7-10,13-15H2,1-2H3,(H,24,28)(H,25,29)/t19-/m0/s1. The molecule has 0 saturated carbocycles. The molecule has 2 N–H and O–H groups in total. The number of aryl methyl sites for hydroxylation is 1. The summed E-state index contributed by atoms with van der Waals surface area (Å²) in [7, 11) is 1.58. The minimum atomic E-state index is -0.396. The molecule has 1 aliphatic rings. The molecular weight excluding hydrogens is 428 g/mol. The molecule has 10 heteroatoms. The quantitative estimate of drug-likeness (QED) is 0.526. The number of aromatic nitrogens is 1. The summed E-state index contributed by atoms with van der Waals surface area (Å²) in [4.78, 5) is 38.8. The summed E-state index contributed by atoms with van der Waals surface area (Å²) in [5.74, 6) is 0.452. The molecule has 10 nitrogen and oxygen atoms in total. The van der Waals surface area contributed by atoms with Gasteiger partial charge in [-0.05, 0) is 37.5 Å². The number of carbonyl (C=O) groups excluding carboxylic acids is 3. The summed E-state index contributed by atoms with van der Waals surface area (Å²) in [6.45, 7) is 2.89. The number of ether oxygens (including phenoxy) is 2. The molecule has 0 radical (unpaired) electrons. The van der Waals surface area contributed by atoms with Crippen LogP contribution in [0.15, 0.2) is 34.9 Å². The van der Waals surface area contributed by atoms with E-state index >= 15 is 0 Å². The average molecular weight is 459 g/mol. The van der Waals surface area contributed by atoms with E-state index in [2.05, 4.69) is 15.8 Å². The summed E-state index contributed by atoms with van der Waals surface area (Å²) >= 11 is 0. The Labute approximate surface area is 192 Å². The number of benzene rings is 1. The van der Waals surface area contributed by atoms with Crippen LogP contribution in [-0.4, -0.2) is 55.8 Å². The van der Waals surface area contributed by atoms with E-state index in [0.29, 0.717) is 31.2 Å². The number of anilines is 1. The van der Waals surface area contributed by atoms with Crippen LogP contribution in [0, 0.1) is 6.92 Å². The van der Waals surface area contributed by atoms with Gasteiger partial charge in [-0.1, -0.05) is 17.3 Å². The van der Waals surface area contributed by atoms with Gasteiger partial charge in [-0.2, -0.15) is 0 Å². The molecule has 1 fully saturated rings. The van der Waals surface area contributed by atoms with Crippen molar-refractivity contribution in [1.82, 2.24) is 15.8 Å². The van der Waals surface area contributed by atoms with Crippen LogP contribution < -0.4 is 20.3 Å². The van der Waals surface area contributed by atoms with Crippen LogP contribution in [0.2, 0.25) is 0 Å². The van der Waals surface area contributed by atoms with Gasteiger partial charge < -0.3 is 24.6 Å². The highest BCUT2D eigenvalue weighted by molar-refractivity contribution is 5.99. The maximum Gasteiger partial charge on any atom is 0.240 e. The van der Waals surface area contributed by atoms with E-state index in [9.17, 15) is 14.4 Å². The zero-order valence-electron chi connectivity index (χ0n) is 19.0. The zero-order chi connectivity index (χ0) is 23.6. The number of hydrogen-bond donors (Lipinski definition) is 2. The lowest BCUT2D eigenvalue weighted by Gasteiger charge is -2.20. The van der Waals surface area contributed by atoms with Crippen molar-refractivity contribution in [2.45, 2.75) is 45.3 Å². The van der Waals surface area contributed by atoms with E-state index in [-0.39, 0.29) is 43.1 Å². The van der Waals surface area contributed by atoms with Gasteiger partial charge in [0.05, 0.1) is 13.2 Å². The number of methoxy groups -OCH3 is 1. The Kier molecular flexibility index (Phi) is 8.82. The van der Waals surface area contributed by atoms with Crippen molar-refractivity contribution in [1.29, 1.82) is 0 Å². The zero-order valence-corrected chi connectivity index (χ0v) is 19.0. The summed E-state index contributed by atoms with van der Waals surface area (Å²) in [6.07, 6.45) is 1.78. The first-order valence-electron chi connectivity index (χ1n) is 11.0. The molecule has 1 aromatic heterocycles. The van der Waals surface area contributed by atoms with Crippen LogP contribution in [0.4, 0.5) is 5.82 Å². The van der Waals surface area contributed by atoms with Gasteiger partial charge in [-0.3, -0.25) is 19.3 Å². The van der Waals surface area contributed by atoms with Gasteiger partial charge in [0.15, 0.2) is 5.82 Å². The van der Waals surface area contributed by atoms with Crippen molar-refractivity contribution < 1.29 is 28.4 Å². The van der Waals surface area contributed by atoms with Crippen molar-refractivity contribution in [3.8, 4) is 5.75 Å². The summed E-state index contributed by atoms with van der Waals surface area (Å²) in [6, 6.07) is 8.94. The van der Waals surface area contributed by atoms with Gasteiger partial charge in [0.2, 0.25) is 17.7 Å². The predicted octanol–water partition coefficient (Wildman–Crippen LogP) is 1.72. The Balaban J connectivity index is 1.51. The van der Waals surface area contributed by atoms with E-state index in [1.165, 1.54) is 4.90 Å². The van der Waals surface area contributed by atoms with E-state index in [1.54, 1.807) is 20.1 Å². The first-order valence-corrected chi connectivity index (χ1v) is 11.0. The minimum absolute atomic E-state index is 0.000625. The highest BCUT2D eigenvalue weighted by Crippen LogP contribution is 2.16. The van der Waals surface area contributed by atoms with Crippen molar-refractivity contribution in [3.63, 3.8) is 0 Å². The summed E-state index contributed by atoms with van der Waals surface area (Å²) in [5, 5.41) is 9.44. The predicted molar refractivity (Wildman–Crippen MR) is 120 cm³/mol. The van der Waals surface area contributed by atoms with Crippen LogP contribution in [-0.2, 0) is 25.7 Å². The van der Waals surface area contributed by atoms with E-state index in [1.807, 2.05) is 24.3 Å². The fourth-order valence-electron chi connectivity index (χ4n) is 3.44. The third-order valence-corrected chi connectivity index (χ3v) is 5.24.